The largest absolute Gasteiger partial charge is 0.494 e. The van der Waals surface area contributed by atoms with Crippen LogP contribution in [0.2, 0.25) is 0 Å². The lowest BCUT2D eigenvalue weighted by atomic mass is 10.1. The van der Waals surface area contributed by atoms with Crippen molar-refractivity contribution in [1.29, 1.82) is 0 Å². The van der Waals surface area contributed by atoms with Gasteiger partial charge in [0, 0.05) is 11.8 Å². The van der Waals surface area contributed by atoms with Crippen molar-refractivity contribution in [2.45, 2.75) is 39.7 Å². The SMILES string of the molecule is CCCNC(CSCC(C)C)Cc1cccc(OC)c1F. The van der Waals surface area contributed by atoms with Crippen LogP contribution in [-0.4, -0.2) is 31.2 Å². The topological polar surface area (TPSA) is 21.3 Å². The Morgan fingerprint density at radius 2 is 2.05 bits per heavy atom. The average Bonchev–Trinajstić information content (AvgIpc) is 2.46. The molecule has 4 heteroatoms. The normalized spacial score (nSPS) is 12.7. The van der Waals surface area contributed by atoms with Crippen LogP contribution in [0.4, 0.5) is 4.39 Å². The van der Waals surface area contributed by atoms with Crippen LogP contribution >= 0.6 is 11.8 Å². The van der Waals surface area contributed by atoms with Gasteiger partial charge >= 0.3 is 0 Å². The number of ether oxygens (including phenoxy) is 1. The highest BCUT2D eigenvalue weighted by molar-refractivity contribution is 7.99. The maximum absolute atomic E-state index is 14.2. The van der Waals surface area contributed by atoms with Crippen molar-refractivity contribution in [1.82, 2.24) is 5.32 Å². The summed E-state index contributed by atoms with van der Waals surface area (Å²) in [4.78, 5) is 0. The monoisotopic (exact) mass is 313 g/mol. The van der Waals surface area contributed by atoms with Gasteiger partial charge < -0.3 is 10.1 Å². The van der Waals surface area contributed by atoms with E-state index in [2.05, 4.69) is 26.1 Å². The first kappa shape index (κ1) is 18.3. The summed E-state index contributed by atoms with van der Waals surface area (Å²) in [6.07, 6.45) is 1.79. The molecule has 0 aliphatic heterocycles. The zero-order valence-electron chi connectivity index (χ0n) is 13.6. The van der Waals surface area contributed by atoms with Crippen LogP contribution in [0, 0.1) is 11.7 Å². The highest BCUT2D eigenvalue weighted by Gasteiger charge is 2.14. The van der Waals surface area contributed by atoms with Crippen LogP contribution < -0.4 is 10.1 Å². The van der Waals surface area contributed by atoms with E-state index in [9.17, 15) is 4.39 Å². The molecule has 1 unspecified atom stereocenters. The van der Waals surface area contributed by atoms with Gasteiger partial charge in [-0.2, -0.15) is 11.8 Å². The summed E-state index contributed by atoms with van der Waals surface area (Å²) < 4.78 is 19.3. The molecule has 0 amide bonds. The number of nitrogens with one attached hydrogen (secondary N) is 1. The molecule has 0 aliphatic carbocycles. The number of halogens is 1. The summed E-state index contributed by atoms with van der Waals surface area (Å²) in [5, 5.41) is 3.53. The van der Waals surface area contributed by atoms with E-state index in [0.717, 1.165) is 30.0 Å². The molecule has 0 bridgehead atoms. The molecule has 0 spiro atoms. The Hall–Kier alpha value is -0.740. The van der Waals surface area contributed by atoms with Crippen molar-refractivity contribution in [3.8, 4) is 5.75 Å². The molecule has 0 aromatic heterocycles. The number of rotatable bonds is 10. The van der Waals surface area contributed by atoms with Gasteiger partial charge in [-0.1, -0.05) is 32.9 Å². The van der Waals surface area contributed by atoms with Crippen LogP contribution in [-0.2, 0) is 6.42 Å². The molecule has 1 atom stereocenters. The van der Waals surface area contributed by atoms with Gasteiger partial charge in [-0.3, -0.25) is 0 Å². The number of methoxy groups -OCH3 is 1. The van der Waals surface area contributed by atoms with Crippen molar-refractivity contribution >= 4 is 11.8 Å². The Morgan fingerprint density at radius 1 is 1.29 bits per heavy atom. The average molecular weight is 313 g/mol. The summed E-state index contributed by atoms with van der Waals surface area (Å²) in [5.74, 6) is 2.95. The number of thioether (sulfide) groups is 1. The van der Waals surface area contributed by atoms with Crippen molar-refractivity contribution in [3.05, 3.63) is 29.6 Å². The zero-order valence-corrected chi connectivity index (χ0v) is 14.4. The van der Waals surface area contributed by atoms with Gasteiger partial charge in [0.05, 0.1) is 7.11 Å². The molecule has 21 heavy (non-hydrogen) atoms. The van der Waals surface area contributed by atoms with E-state index in [1.807, 2.05) is 23.9 Å². The Bertz CT molecular complexity index is 412. The second kappa shape index (κ2) is 10.1. The van der Waals surface area contributed by atoms with Gasteiger partial charge in [0.2, 0.25) is 0 Å². The Morgan fingerprint density at radius 3 is 2.67 bits per heavy atom. The van der Waals surface area contributed by atoms with E-state index in [1.165, 1.54) is 7.11 Å². The second-order valence-electron chi connectivity index (χ2n) is 5.72. The highest BCUT2D eigenvalue weighted by atomic mass is 32.2. The van der Waals surface area contributed by atoms with Gasteiger partial charge in [-0.05, 0) is 42.7 Å². The third kappa shape index (κ3) is 6.70. The molecule has 2 nitrogen and oxygen atoms in total. The van der Waals surface area contributed by atoms with Crippen molar-refractivity contribution in [2.75, 3.05) is 25.2 Å². The standard InChI is InChI=1S/C17H28FNOS/c1-5-9-19-15(12-21-11-13(2)3)10-14-7-6-8-16(20-4)17(14)18/h6-8,13,15,19H,5,9-12H2,1-4H3. The lowest BCUT2D eigenvalue weighted by Crippen LogP contribution is -2.34. The maximum Gasteiger partial charge on any atom is 0.168 e. The van der Waals surface area contributed by atoms with Crippen LogP contribution in [0.15, 0.2) is 18.2 Å². The molecular weight excluding hydrogens is 285 g/mol. The first-order valence-corrected chi connectivity index (χ1v) is 8.86. The van der Waals surface area contributed by atoms with Crippen LogP contribution in [0.1, 0.15) is 32.8 Å². The van der Waals surface area contributed by atoms with Crippen LogP contribution in [0.25, 0.3) is 0 Å². The molecule has 0 saturated carbocycles. The Kier molecular flexibility index (Phi) is 8.77. The summed E-state index contributed by atoms with van der Waals surface area (Å²) in [7, 11) is 1.51. The van der Waals surface area contributed by atoms with Crippen LogP contribution in [0.3, 0.4) is 0 Å². The minimum atomic E-state index is -0.225. The van der Waals surface area contributed by atoms with Crippen molar-refractivity contribution < 1.29 is 9.13 Å². The lowest BCUT2D eigenvalue weighted by molar-refractivity contribution is 0.383. The predicted octanol–water partition coefficient (Wildman–Crippen LogP) is 4.13. The number of hydrogen-bond acceptors (Lipinski definition) is 3. The summed E-state index contributed by atoms with van der Waals surface area (Å²) in [5.41, 5.74) is 0.730. The van der Waals surface area contributed by atoms with Crippen LogP contribution in [0.5, 0.6) is 5.75 Å². The zero-order chi connectivity index (χ0) is 15.7. The third-order valence-electron chi connectivity index (χ3n) is 3.18. The van der Waals surface area contributed by atoms with E-state index in [1.54, 1.807) is 6.07 Å². The third-order valence-corrected chi connectivity index (χ3v) is 4.72. The molecule has 1 N–H and O–H groups in total. The van der Waals surface area contributed by atoms with E-state index in [0.29, 0.717) is 24.1 Å². The smallest absolute Gasteiger partial charge is 0.168 e. The van der Waals surface area contributed by atoms with Gasteiger partial charge in [-0.25, -0.2) is 4.39 Å². The first-order chi connectivity index (χ1) is 10.1. The first-order valence-electron chi connectivity index (χ1n) is 7.71. The highest BCUT2D eigenvalue weighted by Crippen LogP contribution is 2.22. The minimum Gasteiger partial charge on any atom is -0.494 e. The molecule has 1 rings (SSSR count). The molecule has 0 aliphatic rings. The molecule has 0 fully saturated rings. The molecule has 1 aromatic rings. The van der Waals surface area contributed by atoms with Gasteiger partial charge in [0.15, 0.2) is 11.6 Å². The number of hydrogen-bond donors (Lipinski definition) is 1. The molecule has 0 saturated heterocycles. The summed E-state index contributed by atoms with van der Waals surface area (Å²) >= 11 is 1.94. The van der Waals surface area contributed by atoms with E-state index in [-0.39, 0.29) is 5.82 Å². The maximum atomic E-state index is 14.2. The lowest BCUT2D eigenvalue weighted by Gasteiger charge is -2.19. The van der Waals surface area contributed by atoms with E-state index in [4.69, 9.17) is 4.74 Å². The minimum absolute atomic E-state index is 0.225. The fraction of sp³-hybridized carbons (Fsp3) is 0.647. The molecule has 0 heterocycles. The Balaban J connectivity index is 2.66. The van der Waals surface area contributed by atoms with Crippen molar-refractivity contribution in [2.24, 2.45) is 5.92 Å². The molecule has 0 radical (unpaired) electrons. The van der Waals surface area contributed by atoms with Crippen molar-refractivity contribution in [3.63, 3.8) is 0 Å². The Labute approximate surface area is 132 Å². The van der Waals surface area contributed by atoms with Gasteiger partial charge in [0.25, 0.3) is 0 Å². The predicted molar refractivity (Wildman–Crippen MR) is 90.9 cm³/mol. The summed E-state index contributed by atoms with van der Waals surface area (Å²) in [6, 6.07) is 5.68. The second-order valence-corrected chi connectivity index (χ2v) is 6.79. The van der Waals surface area contributed by atoms with E-state index < -0.39 is 0 Å². The van der Waals surface area contributed by atoms with Gasteiger partial charge in [0.1, 0.15) is 0 Å². The molecule has 120 valence electrons. The van der Waals surface area contributed by atoms with E-state index >= 15 is 0 Å². The summed E-state index contributed by atoms with van der Waals surface area (Å²) in [6.45, 7) is 7.57. The number of benzene rings is 1. The molecular formula is C17H28FNOS. The quantitative estimate of drug-likeness (QED) is 0.701. The fourth-order valence-electron chi connectivity index (χ4n) is 2.12. The molecule has 1 aromatic carbocycles. The fourth-order valence-corrected chi connectivity index (χ4v) is 3.25. The van der Waals surface area contributed by atoms with Gasteiger partial charge in [-0.15, -0.1) is 0 Å².